The van der Waals surface area contributed by atoms with E-state index in [0.717, 1.165) is 19.5 Å². The van der Waals surface area contributed by atoms with Crippen molar-refractivity contribution in [3.8, 4) is 5.69 Å². The molecule has 0 radical (unpaired) electrons. The van der Waals surface area contributed by atoms with Crippen molar-refractivity contribution in [1.29, 1.82) is 0 Å². The fourth-order valence-corrected chi connectivity index (χ4v) is 3.98. The highest BCUT2D eigenvalue weighted by Crippen LogP contribution is 2.18. The molecular formula is C15H19FN4O2S. The van der Waals surface area contributed by atoms with E-state index < -0.39 is 15.8 Å². The van der Waals surface area contributed by atoms with Crippen LogP contribution < -0.4 is 10.0 Å². The Balaban J connectivity index is 1.83. The summed E-state index contributed by atoms with van der Waals surface area (Å²) in [7, 11) is -3.68. The van der Waals surface area contributed by atoms with Gasteiger partial charge in [0.15, 0.2) is 0 Å². The third-order valence-electron chi connectivity index (χ3n) is 4.06. The number of halogens is 1. The van der Waals surface area contributed by atoms with Crippen LogP contribution in [0.4, 0.5) is 4.39 Å². The molecule has 1 aromatic heterocycles. The van der Waals surface area contributed by atoms with Crippen LogP contribution in [0, 0.1) is 11.7 Å². The number of aromatic nitrogens is 2. The van der Waals surface area contributed by atoms with E-state index in [4.69, 9.17) is 0 Å². The van der Waals surface area contributed by atoms with Crippen LogP contribution in [-0.4, -0.2) is 37.3 Å². The number of nitrogens with zero attached hydrogens (tertiary/aromatic N) is 2. The molecule has 0 amide bonds. The quantitative estimate of drug-likeness (QED) is 0.881. The van der Waals surface area contributed by atoms with Gasteiger partial charge >= 0.3 is 0 Å². The standard InChI is InChI=1S/C15H19FN4O2S/c1-11-8-17-7-6-14(11)19-23(21,22)12-9-18-20(10-12)15-5-3-2-4-13(15)16/h2-5,9-11,14,17,19H,6-8H2,1H3. The molecule has 1 aliphatic heterocycles. The minimum absolute atomic E-state index is 0.0338. The Morgan fingerprint density at radius 2 is 2.17 bits per heavy atom. The van der Waals surface area contributed by atoms with Gasteiger partial charge in [0.1, 0.15) is 16.4 Å². The predicted molar refractivity (Wildman–Crippen MR) is 84.3 cm³/mol. The number of hydrogen-bond donors (Lipinski definition) is 2. The monoisotopic (exact) mass is 338 g/mol. The molecule has 2 heterocycles. The van der Waals surface area contributed by atoms with Crippen molar-refractivity contribution in [2.45, 2.75) is 24.3 Å². The summed E-state index contributed by atoms with van der Waals surface area (Å²) in [6.45, 7) is 3.57. The van der Waals surface area contributed by atoms with E-state index in [2.05, 4.69) is 15.1 Å². The first-order valence-electron chi connectivity index (χ1n) is 7.50. The summed E-state index contributed by atoms with van der Waals surface area (Å²) in [5.41, 5.74) is 0.212. The van der Waals surface area contributed by atoms with Gasteiger partial charge in [-0.25, -0.2) is 22.2 Å². The maximum Gasteiger partial charge on any atom is 0.243 e. The fraction of sp³-hybridized carbons (Fsp3) is 0.400. The molecule has 6 nitrogen and oxygen atoms in total. The highest BCUT2D eigenvalue weighted by Gasteiger charge is 2.27. The third kappa shape index (κ3) is 3.44. The number of rotatable bonds is 4. The Kier molecular flexibility index (Phi) is 4.47. The van der Waals surface area contributed by atoms with Gasteiger partial charge in [-0.05, 0) is 37.6 Å². The lowest BCUT2D eigenvalue weighted by Crippen LogP contribution is -2.48. The molecule has 8 heteroatoms. The molecule has 0 spiro atoms. The lowest BCUT2D eigenvalue weighted by Gasteiger charge is -2.29. The van der Waals surface area contributed by atoms with Crippen molar-refractivity contribution in [3.05, 3.63) is 42.5 Å². The summed E-state index contributed by atoms with van der Waals surface area (Å²) in [5.74, 6) is -0.250. The zero-order chi connectivity index (χ0) is 16.4. The molecule has 2 aromatic rings. The first kappa shape index (κ1) is 16.1. The molecule has 1 aliphatic rings. The predicted octanol–water partition coefficient (Wildman–Crippen LogP) is 1.29. The number of sulfonamides is 1. The normalized spacial score (nSPS) is 22.2. The van der Waals surface area contributed by atoms with Crippen LogP contribution in [-0.2, 0) is 10.0 Å². The zero-order valence-electron chi connectivity index (χ0n) is 12.7. The van der Waals surface area contributed by atoms with Crippen molar-refractivity contribution >= 4 is 10.0 Å². The molecule has 2 unspecified atom stereocenters. The highest BCUT2D eigenvalue weighted by molar-refractivity contribution is 7.89. The van der Waals surface area contributed by atoms with Crippen LogP contribution in [0.2, 0.25) is 0 Å². The van der Waals surface area contributed by atoms with Crippen LogP contribution in [0.5, 0.6) is 0 Å². The number of hydrogen-bond acceptors (Lipinski definition) is 4. The Hall–Kier alpha value is -1.77. The van der Waals surface area contributed by atoms with Crippen molar-refractivity contribution < 1.29 is 12.8 Å². The van der Waals surface area contributed by atoms with Crippen LogP contribution in [0.25, 0.3) is 5.69 Å². The Bertz CT molecular complexity index is 790. The smallest absolute Gasteiger partial charge is 0.243 e. The first-order chi connectivity index (χ1) is 11.0. The van der Waals surface area contributed by atoms with E-state index in [9.17, 15) is 12.8 Å². The molecule has 23 heavy (non-hydrogen) atoms. The summed E-state index contributed by atoms with van der Waals surface area (Å²) in [4.78, 5) is 0.0338. The molecule has 1 saturated heterocycles. The SMILES string of the molecule is CC1CNCCC1NS(=O)(=O)c1cnn(-c2ccccc2F)c1. The second-order valence-electron chi connectivity index (χ2n) is 5.77. The van der Waals surface area contributed by atoms with E-state index in [-0.39, 0.29) is 22.5 Å². The molecule has 3 rings (SSSR count). The summed E-state index contributed by atoms with van der Waals surface area (Å²) in [5, 5.41) is 7.20. The van der Waals surface area contributed by atoms with Gasteiger partial charge in [0.25, 0.3) is 0 Å². The summed E-state index contributed by atoms with van der Waals surface area (Å²) in [6.07, 6.45) is 3.30. The van der Waals surface area contributed by atoms with Gasteiger partial charge < -0.3 is 5.32 Å². The number of nitrogens with one attached hydrogen (secondary N) is 2. The average Bonchev–Trinajstić information content (AvgIpc) is 3.00. The van der Waals surface area contributed by atoms with Crippen LogP contribution in [0.3, 0.4) is 0 Å². The minimum atomic E-state index is -3.68. The zero-order valence-corrected chi connectivity index (χ0v) is 13.6. The first-order valence-corrected chi connectivity index (χ1v) is 8.98. The van der Waals surface area contributed by atoms with Gasteiger partial charge in [-0.1, -0.05) is 19.1 Å². The van der Waals surface area contributed by atoms with E-state index in [1.807, 2.05) is 6.92 Å². The van der Waals surface area contributed by atoms with Gasteiger partial charge in [-0.15, -0.1) is 0 Å². The van der Waals surface area contributed by atoms with Gasteiger partial charge in [-0.2, -0.15) is 5.10 Å². The fourth-order valence-electron chi connectivity index (χ4n) is 2.67. The number of benzene rings is 1. The second-order valence-corrected chi connectivity index (χ2v) is 7.48. The summed E-state index contributed by atoms with van der Waals surface area (Å²) in [6, 6.07) is 5.97. The molecule has 2 atom stereocenters. The number of piperidine rings is 1. The van der Waals surface area contributed by atoms with Crippen molar-refractivity contribution in [1.82, 2.24) is 19.8 Å². The molecule has 0 saturated carbocycles. The average molecular weight is 338 g/mol. The largest absolute Gasteiger partial charge is 0.316 e. The van der Waals surface area contributed by atoms with Gasteiger partial charge in [0.05, 0.1) is 12.4 Å². The van der Waals surface area contributed by atoms with Gasteiger partial charge in [0.2, 0.25) is 10.0 Å². The van der Waals surface area contributed by atoms with E-state index in [0.29, 0.717) is 0 Å². The van der Waals surface area contributed by atoms with Crippen molar-refractivity contribution in [2.24, 2.45) is 5.92 Å². The van der Waals surface area contributed by atoms with Gasteiger partial charge in [0, 0.05) is 6.04 Å². The molecular weight excluding hydrogens is 319 g/mol. The Labute approximate surface area is 134 Å². The van der Waals surface area contributed by atoms with Crippen LogP contribution in [0.15, 0.2) is 41.6 Å². The molecule has 2 N–H and O–H groups in total. The van der Waals surface area contributed by atoms with E-state index >= 15 is 0 Å². The molecule has 1 aromatic carbocycles. The highest BCUT2D eigenvalue weighted by atomic mass is 32.2. The lowest BCUT2D eigenvalue weighted by atomic mass is 9.97. The van der Waals surface area contributed by atoms with E-state index in [1.165, 1.54) is 23.1 Å². The summed E-state index contributed by atoms with van der Waals surface area (Å²) >= 11 is 0. The van der Waals surface area contributed by atoms with Crippen molar-refractivity contribution in [3.63, 3.8) is 0 Å². The maximum absolute atomic E-state index is 13.8. The maximum atomic E-state index is 13.8. The van der Waals surface area contributed by atoms with Gasteiger partial charge in [-0.3, -0.25) is 0 Å². The van der Waals surface area contributed by atoms with Crippen LogP contribution >= 0.6 is 0 Å². The van der Waals surface area contributed by atoms with E-state index in [1.54, 1.807) is 18.2 Å². The molecule has 0 bridgehead atoms. The van der Waals surface area contributed by atoms with Crippen molar-refractivity contribution in [2.75, 3.05) is 13.1 Å². The van der Waals surface area contributed by atoms with Crippen LogP contribution in [0.1, 0.15) is 13.3 Å². The lowest BCUT2D eigenvalue weighted by molar-refractivity contribution is 0.328. The summed E-state index contributed by atoms with van der Waals surface area (Å²) < 4.78 is 42.7. The third-order valence-corrected chi connectivity index (χ3v) is 5.50. The molecule has 0 aliphatic carbocycles. The molecule has 1 fully saturated rings. The topological polar surface area (TPSA) is 76.0 Å². The second kappa shape index (κ2) is 6.38. The number of para-hydroxylation sites is 1. The molecule has 124 valence electrons. The Morgan fingerprint density at radius 3 is 2.91 bits per heavy atom. The Morgan fingerprint density at radius 1 is 1.39 bits per heavy atom. The minimum Gasteiger partial charge on any atom is -0.316 e.